The summed E-state index contributed by atoms with van der Waals surface area (Å²) >= 11 is 14.0. The van der Waals surface area contributed by atoms with Gasteiger partial charge in [0.15, 0.2) is 0 Å². The summed E-state index contributed by atoms with van der Waals surface area (Å²) in [5.41, 5.74) is 2.61. The molecule has 1 atom stereocenters. The Kier molecular flexibility index (Phi) is 6.68. The molecule has 0 saturated carbocycles. The van der Waals surface area contributed by atoms with Gasteiger partial charge in [0.05, 0.1) is 6.33 Å². The molecule has 5 heteroatoms. The number of thioether (sulfide) groups is 1. The zero-order valence-corrected chi connectivity index (χ0v) is 17.1. The third kappa shape index (κ3) is 5.80. The molecular weight excluding hydrogens is 383 g/mol. The third-order valence-corrected chi connectivity index (χ3v) is 6.48. The quantitative estimate of drug-likeness (QED) is 0.425. The van der Waals surface area contributed by atoms with E-state index in [4.69, 9.17) is 23.2 Å². The second-order valence-electron chi connectivity index (χ2n) is 6.72. The second kappa shape index (κ2) is 8.98. The van der Waals surface area contributed by atoms with Gasteiger partial charge >= 0.3 is 0 Å². The summed E-state index contributed by atoms with van der Waals surface area (Å²) in [7, 11) is 0. The molecule has 0 bridgehead atoms. The van der Waals surface area contributed by atoms with Gasteiger partial charge in [0.2, 0.25) is 0 Å². The summed E-state index contributed by atoms with van der Waals surface area (Å²) in [4.78, 5) is 4.15. The smallest absolute Gasteiger partial charge is 0.0945 e. The van der Waals surface area contributed by atoms with E-state index in [1.165, 1.54) is 11.1 Å². The Labute approximate surface area is 169 Å². The topological polar surface area (TPSA) is 17.8 Å². The first-order valence-corrected chi connectivity index (χ1v) is 10.4. The normalized spacial score (nSPS) is 13.5. The number of hydrogen-bond donors (Lipinski definition) is 0. The van der Waals surface area contributed by atoms with Crippen molar-refractivity contribution in [2.24, 2.45) is 0 Å². The Hall–Kier alpha value is -1.42. The predicted molar refractivity (Wildman–Crippen MR) is 113 cm³/mol. The van der Waals surface area contributed by atoms with Crippen LogP contribution in [0.2, 0.25) is 10.0 Å². The molecule has 26 heavy (non-hydrogen) atoms. The molecule has 0 aliphatic carbocycles. The fraction of sp³-hybridized carbons (Fsp3) is 0.286. The van der Waals surface area contributed by atoms with Crippen LogP contribution in [0.15, 0.2) is 67.3 Å². The molecule has 136 valence electrons. The van der Waals surface area contributed by atoms with Gasteiger partial charge in [-0.25, -0.2) is 4.98 Å². The van der Waals surface area contributed by atoms with Gasteiger partial charge in [-0.1, -0.05) is 54.4 Å². The molecule has 0 N–H and O–H groups in total. The van der Waals surface area contributed by atoms with E-state index in [9.17, 15) is 0 Å². The minimum atomic E-state index is 0.109. The summed E-state index contributed by atoms with van der Waals surface area (Å²) < 4.78 is 2.25. The van der Waals surface area contributed by atoms with Gasteiger partial charge < -0.3 is 4.57 Å². The first-order chi connectivity index (χ1) is 12.5. The SMILES string of the molecule is CC(CCn1ccnc1)(Cc1ccc(Cl)cc1)SCc1ccc(Cl)cc1. The average molecular weight is 405 g/mol. The van der Waals surface area contributed by atoms with Gasteiger partial charge in [0.25, 0.3) is 0 Å². The van der Waals surface area contributed by atoms with E-state index < -0.39 is 0 Å². The summed E-state index contributed by atoms with van der Waals surface area (Å²) in [6.45, 7) is 3.30. The molecule has 0 aliphatic heterocycles. The lowest BCUT2D eigenvalue weighted by Crippen LogP contribution is -2.26. The highest BCUT2D eigenvalue weighted by molar-refractivity contribution is 7.99. The largest absolute Gasteiger partial charge is 0.337 e. The molecule has 0 amide bonds. The maximum absolute atomic E-state index is 6.04. The van der Waals surface area contributed by atoms with Crippen LogP contribution in [-0.4, -0.2) is 14.3 Å². The summed E-state index contributed by atoms with van der Waals surface area (Å²) in [5, 5.41) is 1.56. The minimum absolute atomic E-state index is 0.109. The number of rotatable bonds is 8. The van der Waals surface area contributed by atoms with Crippen molar-refractivity contribution < 1.29 is 0 Å². The fourth-order valence-corrected chi connectivity index (χ4v) is 4.33. The van der Waals surface area contributed by atoms with Crippen molar-refractivity contribution in [2.75, 3.05) is 0 Å². The third-order valence-electron chi connectivity index (χ3n) is 4.45. The van der Waals surface area contributed by atoms with E-state index >= 15 is 0 Å². The van der Waals surface area contributed by atoms with Crippen LogP contribution in [0.3, 0.4) is 0 Å². The first-order valence-electron chi connectivity index (χ1n) is 8.61. The van der Waals surface area contributed by atoms with Crippen LogP contribution in [0.1, 0.15) is 24.5 Å². The van der Waals surface area contributed by atoms with Crippen molar-refractivity contribution >= 4 is 35.0 Å². The molecular formula is C21H22Cl2N2S. The summed E-state index contributed by atoms with van der Waals surface area (Å²) in [5.74, 6) is 0.963. The van der Waals surface area contributed by atoms with Crippen molar-refractivity contribution in [2.45, 2.75) is 36.8 Å². The van der Waals surface area contributed by atoms with Crippen LogP contribution in [-0.2, 0) is 18.7 Å². The number of benzene rings is 2. The molecule has 2 nitrogen and oxygen atoms in total. The number of imidazole rings is 1. The monoisotopic (exact) mass is 404 g/mol. The number of nitrogens with zero attached hydrogens (tertiary/aromatic N) is 2. The minimum Gasteiger partial charge on any atom is -0.337 e. The van der Waals surface area contributed by atoms with Gasteiger partial charge in [-0.05, 0) is 48.2 Å². The number of hydrogen-bond acceptors (Lipinski definition) is 2. The van der Waals surface area contributed by atoms with E-state index in [1.807, 2.05) is 54.7 Å². The van der Waals surface area contributed by atoms with Crippen LogP contribution < -0.4 is 0 Å². The van der Waals surface area contributed by atoms with Crippen LogP contribution >= 0.6 is 35.0 Å². The number of aryl methyl sites for hydroxylation is 1. The van der Waals surface area contributed by atoms with Crippen molar-refractivity contribution in [1.29, 1.82) is 0 Å². The molecule has 0 fully saturated rings. The Morgan fingerprint density at radius 3 is 2.15 bits per heavy atom. The maximum Gasteiger partial charge on any atom is 0.0945 e. The van der Waals surface area contributed by atoms with Gasteiger partial charge in [-0.2, -0.15) is 11.8 Å². The molecule has 0 spiro atoms. The molecule has 2 aromatic carbocycles. The van der Waals surface area contributed by atoms with E-state index in [1.54, 1.807) is 0 Å². The standard InChI is InChI=1S/C21H22Cl2N2S/c1-21(10-12-25-13-11-24-16-25,14-17-2-6-19(22)7-3-17)26-15-18-4-8-20(23)9-5-18/h2-9,11,13,16H,10,12,14-15H2,1H3. The Morgan fingerprint density at radius 1 is 0.962 bits per heavy atom. The molecule has 3 rings (SSSR count). The van der Waals surface area contributed by atoms with E-state index in [0.717, 1.165) is 35.2 Å². The van der Waals surface area contributed by atoms with Crippen molar-refractivity contribution in [3.8, 4) is 0 Å². The molecule has 1 heterocycles. The lowest BCUT2D eigenvalue weighted by molar-refractivity contribution is 0.518. The fourth-order valence-electron chi connectivity index (χ4n) is 2.87. The first kappa shape index (κ1) is 19.3. The number of halogens is 2. The zero-order valence-electron chi connectivity index (χ0n) is 14.7. The Balaban J connectivity index is 1.70. The van der Waals surface area contributed by atoms with Gasteiger partial charge in [0, 0.05) is 39.5 Å². The van der Waals surface area contributed by atoms with Crippen molar-refractivity contribution in [3.05, 3.63) is 88.4 Å². The Morgan fingerprint density at radius 2 is 1.58 bits per heavy atom. The van der Waals surface area contributed by atoms with E-state index in [2.05, 4.69) is 40.7 Å². The molecule has 0 radical (unpaired) electrons. The highest BCUT2D eigenvalue weighted by Gasteiger charge is 2.25. The van der Waals surface area contributed by atoms with Gasteiger partial charge in [0.1, 0.15) is 0 Å². The summed E-state index contributed by atoms with van der Waals surface area (Å²) in [6.07, 6.45) is 7.79. The van der Waals surface area contributed by atoms with Crippen LogP contribution in [0.5, 0.6) is 0 Å². The van der Waals surface area contributed by atoms with E-state index in [-0.39, 0.29) is 4.75 Å². The maximum atomic E-state index is 6.04. The van der Waals surface area contributed by atoms with E-state index in [0.29, 0.717) is 0 Å². The lowest BCUT2D eigenvalue weighted by atomic mass is 9.97. The Bertz CT molecular complexity index is 801. The second-order valence-corrected chi connectivity index (χ2v) is 9.15. The highest BCUT2D eigenvalue weighted by Crippen LogP contribution is 2.36. The lowest BCUT2D eigenvalue weighted by Gasteiger charge is -2.30. The van der Waals surface area contributed by atoms with Crippen LogP contribution in [0.4, 0.5) is 0 Å². The van der Waals surface area contributed by atoms with Crippen molar-refractivity contribution in [3.63, 3.8) is 0 Å². The average Bonchev–Trinajstić information content (AvgIpc) is 3.16. The molecule has 0 saturated heterocycles. The van der Waals surface area contributed by atoms with Gasteiger partial charge in [-0.15, -0.1) is 0 Å². The summed E-state index contributed by atoms with van der Waals surface area (Å²) in [6, 6.07) is 16.3. The predicted octanol–water partition coefficient (Wildman–Crippen LogP) is 6.51. The zero-order chi connectivity index (χ0) is 18.4. The molecule has 0 aliphatic rings. The van der Waals surface area contributed by atoms with Gasteiger partial charge in [-0.3, -0.25) is 0 Å². The van der Waals surface area contributed by atoms with Crippen LogP contribution in [0.25, 0.3) is 0 Å². The van der Waals surface area contributed by atoms with Crippen LogP contribution in [0, 0.1) is 0 Å². The molecule has 3 aromatic rings. The van der Waals surface area contributed by atoms with Crippen molar-refractivity contribution in [1.82, 2.24) is 9.55 Å². The highest BCUT2D eigenvalue weighted by atomic mass is 35.5. The number of aromatic nitrogens is 2. The molecule has 1 unspecified atom stereocenters. The molecule has 1 aromatic heterocycles.